The number of aryl methyl sites for hydroxylation is 1. The molecule has 1 amide bonds. The lowest BCUT2D eigenvalue weighted by Gasteiger charge is -2.05. The molecule has 0 unspecified atom stereocenters. The average molecular weight is 194 g/mol. The van der Waals surface area contributed by atoms with Crippen molar-refractivity contribution in [1.82, 2.24) is 9.88 Å². The standard InChI is InChI=1S/C10H14N2O2/c1-8-3-5-12(10(14)7-8)6-4-11-9(2)13/h3,5,7H,4,6H2,1-2H3,(H,11,13). The summed E-state index contributed by atoms with van der Waals surface area (Å²) in [6.07, 6.45) is 1.74. The van der Waals surface area contributed by atoms with Crippen LogP contribution in [0.15, 0.2) is 23.1 Å². The van der Waals surface area contributed by atoms with Gasteiger partial charge in [-0.15, -0.1) is 0 Å². The molecule has 1 aromatic rings. The van der Waals surface area contributed by atoms with Crippen molar-refractivity contribution in [1.29, 1.82) is 0 Å². The zero-order valence-corrected chi connectivity index (χ0v) is 8.41. The number of amides is 1. The minimum absolute atomic E-state index is 0.0321. The van der Waals surface area contributed by atoms with Crippen molar-refractivity contribution in [3.63, 3.8) is 0 Å². The van der Waals surface area contributed by atoms with E-state index in [2.05, 4.69) is 5.32 Å². The fraction of sp³-hybridized carbons (Fsp3) is 0.400. The lowest BCUT2D eigenvalue weighted by Crippen LogP contribution is -2.28. The van der Waals surface area contributed by atoms with E-state index in [0.29, 0.717) is 13.1 Å². The van der Waals surface area contributed by atoms with Crippen LogP contribution in [0.5, 0.6) is 0 Å². The summed E-state index contributed by atoms with van der Waals surface area (Å²) in [5.74, 6) is -0.0786. The molecule has 1 rings (SSSR count). The van der Waals surface area contributed by atoms with Crippen molar-refractivity contribution in [2.24, 2.45) is 0 Å². The normalized spacial score (nSPS) is 9.86. The van der Waals surface area contributed by atoms with Crippen molar-refractivity contribution in [2.75, 3.05) is 6.54 Å². The van der Waals surface area contributed by atoms with Gasteiger partial charge in [-0.2, -0.15) is 0 Å². The summed E-state index contributed by atoms with van der Waals surface area (Å²) in [6.45, 7) is 4.33. The molecule has 1 aromatic heterocycles. The fourth-order valence-corrected chi connectivity index (χ4v) is 1.14. The van der Waals surface area contributed by atoms with Gasteiger partial charge in [0.15, 0.2) is 0 Å². The molecule has 0 bridgehead atoms. The van der Waals surface area contributed by atoms with E-state index in [-0.39, 0.29) is 11.5 Å². The minimum Gasteiger partial charge on any atom is -0.355 e. The van der Waals surface area contributed by atoms with E-state index in [9.17, 15) is 9.59 Å². The smallest absolute Gasteiger partial charge is 0.250 e. The predicted octanol–water partition coefficient (Wildman–Crippen LogP) is 0.293. The third kappa shape index (κ3) is 3.05. The molecule has 1 N–H and O–H groups in total. The predicted molar refractivity (Wildman–Crippen MR) is 54.1 cm³/mol. The van der Waals surface area contributed by atoms with Crippen molar-refractivity contribution >= 4 is 5.91 Å². The Morgan fingerprint density at radius 2 is 2.29 bits per heavy atom. The first-order chi connectivity index (χ1) is 6.59. The zero-order valence-electron chi connectivity index (χ0n) is 8.41. The molecule has 1 heterocycles. The highest BCUT2D eigenvalue weighted by Crippen LogP contribution is 1.90. The molecule has 0 atom stereocenters. The van der Waals surface area contributed by atoms with Gasteiger partial charge in [0, 0.05) is 32.3 Å². The number of carbonyl (C=O) groups excluding carboxylic acids is 1. The first kappa shape index (κ1) is 10.5. The van der Waals surface area contributed by atoms with Crippen LogP contribution in [-0.2, 0) is 11.3 Å². The first-order valence-corrected chi connectivity index (χ1v) is 4.51. The molecule has 0 aliphatic rings. The van der Waals surface area contributed by atoms with Crippen LogP contribution >= 0.6 is 0 Å². The Bertz CT molecular complexity index is 382. The Balaban J connectivity index is 2.59. The van der Waals surface area contributed by atoms with E-state index in [1.807, 2.05) is 13.0 Å². The fourth-order valence-electron chi connectivity index (χ4n) is 1.14. The summed E-state index contributed by atoms with van der Waals surface area (Å²) >= 11 is 0. The Labute approximate surface area is 82.6 Å². The van der Waals surface area contributed by atoms with Gasteiger partial charge in [0.05, 0.1) is 0 Å². The van der Waals surface area contributed by atoms with E-state index in [1.165, 1.54) is 6.92 Å². The molecule has 0 spiro atoms. The van der Waals surface area contributed by atoms with E-state index >= 15 is 0 Å². The van der Waals surface area contributed by atoms with Gasteiger partial charge in [-0.25, -0.2) is 0 Å². The van der Waals surface area contributed by atoms with Gasteiger partial charge in [-0.05, 0) is 18.6 Å². The summed E-state index contributed by atoms with van der Waals surface area (Å²) in [6, 6.07) is 3.45. The number of aromatic nitrogens is 1. The van der Waals surface area contributed by atoms with E-state index in [4.69, 9.17) is 0 Å². The highest BCUT2D eigenvalue weighted by molar-refractivity contribution is 5.72. The van der Waals surface area contributed by atoms with Crippen molar-refractivity contribution in [3.05, 3.63) is 34.2 Å². The van der Waals surface area contributed by atoms with Crippen molar-refractivity contribution in [3.8, 4) is 0 Å². The molecule has 4 nitrogen and oxygen atoms in total. The van der Waals surface area contributed by atoms with Crippen LogP contribution in [0.25, 0.3) is 0 Å². The molecule has 0 aliphatic carbocycles. The van der Waals surface area contributed by atoms with Crippen LogP contribution < -0.4 is 10.9 Å². The molecule has 76 valence electrons. The van der Waals surface area contributed by atoms with Crippen LogP contribution in [0.3, 0.4) is 0 Å². The number of hydrogen-bond acceptors (Lipinski definition) is 2. The van der Waals surface area contributed by atoms with Gasteiger partial charge >= 0.3 is 0 Å². The molecule has 14 heavy (non-hydrogen) atoms. The van der Waals surface area contributed by atoms with Gasteiger partial charge < -0.3 is 9.88 Å². The average Bonchev–Trinajstić information content (AvgIpc) is 2.08. The maximum Gasteiger partial charge on any atom is 0.250 e. The zero-order chi connectivity index (χ0) is 10.6. The third-order valence-electron chi connectivity index (χ3n) is 1.88. The summed E-state index contributed by atoms with van der Waals surface area (Å²) in [7, 11) is 0. The van der Waals surface area contributed by atoms with Crippen LogP contribution in [0.4, 0.5) is 0 Å². The summed E-state index contributed by atoms with van der Waals surface area (Å²) in [5.41, 5.74) is 0.918. The van der Waals surface area contributed by atoms with E-state index < -0.39 is 0 Å². The van der Waals surface area contributed by atoms with Gasteiger partial charge in [-0.3, -0.25) is 9.59 Å². The van der Waals surface area contributed by atoms with Gasteiger partial charge in [0.25, 0.3) is 5.56 Å². The van der Waals surface area contributed by atoms with E-state index in [1.54, 1.807) is 16.8 Å². The third-order valence-corrected chi connectivity index (χ3v) is 1.88. The Hall–Kier alpha value is -1.58. The molecule has 0 aliphatic heterocycles. The highest BCUT2D eigenvalue weighted by atomic mass is 16.1. The Morgan fingerprint density at radius 3 is 2.86 bits per heavy atom. The molecule has 0 aromatic carbocycles. The number of pyridine rings is 1. The monoisotopic (exact) mass is 194 g/mol. The number of carbonyl (C=O) groups is 1. The molecule has 4 heteroatoms. The number of nitrogens with one attached hydrogen (secondary N) is 1. The largest absolute Gasteiger partial charge is 0.355 e. The second kappa shape index (κ2) is 4.60. The maximum absolute atomic E-state index is 11.4. The van der Waals surface area contributed by atoms with Crippen LogP contribution in [0.1, 0.15) is 12.5 Å². The molecule has 0 saturated heterocycles. The summed E-state index contributed by atoms with van der Waals surface area (Å²) < 4.78 is 1.57. The SMILES string of the molecule is CC(=O)NCCn1ccc(C)cc1=O. The molecular formula is C10H14N2O2. The number of rotatable bonds is 3. The molecule has 0 radical (unpaired) electrons. The minimum atomic E-state index is -0.0786. The van der Waals surface area contributed by atoms with Gasteiger partial charge in [0.2, 0.25) is 5.91 Å². The summed E-state index contributed by atoms with van der Waals surface area (Å²) in [5, 5.41) is 2.64. The van der Waals surface area contributed by atoms with Gasteiger partial charge in [0.1, 0.15) is 0 Å². The van der Waals surface area contributed by atoms with E-state index in [0.717, 1.165) is 5.56 Å². The number of nitrogens with zero attached hydrogens (tertiary/aromatic N) is 1. The molecule has 0 fully saturated rings. The van der Waals surface area contributed by atoms with Crippen molar-refractivity contribution in [2.45, 2.75) is 20.4 Å². The van der Waals surface area contributed by atoms with Gasteiger partial charge in [-0.1, -0.05) is 0 Å². The lowest BCUT2D eigenvalue weighted by molar-refractivity contribution is -0.118. The van der Waals surface area contributed by atoms with Crippen LogP contribution in [-0.4, -0.2) is 17.0 Å². The molecular weight excluding hydrogens is 180 g/mol. The quantitative estimate of drug-likeness (QED) is 0.752. The Kier molecular flexibility index (Phi) is 3.45. The van der Waals surface area contributed by atoms with Crippen LogP contribution in [0, 0.1) is 6.92 Å². The Morgan fingerprint density at radius 1 is 1.57 bits per heavy atom. The molecule has 0 saturated carbocycles. The maximum atomic E-state index is 11.4. The topological polar surface area (TPSA) is 51.1 Å². The lowest BCUT2D eigenvalue weighted by atomic mass is 10.3. The second-order valence-corrected chi connectivity index (χ2v) is 3.22. The van der Waals surface area contributed by atoms with Crippen LogP contribution in [0.2, 0.25) is 0 Å². The number of hydrogen-bond donors (Lipinski definition) is 1. The summed E-state index contributed by atoms with van der Waals surface area (Å²) in [4.78, 5) is 21.9. The first-order valence-electron chi connectivity index (χ1n) is 4.51. The van der Waals surface area contributed by atoms with Crippen molar-refractivity contribution < 1.29 is 4.79 Å². The highest BCUT2D eigenvalue weighted by Gasteiger charge is 1.96. The second-order valence-electron chi connectivity index (χ2n) is 3.22.